The number of anilines is 1. The van der Waals surface area contributed by atoms with Crippen LogP contribution in [0.15, 0.2) is 36.4 Å². The second-order valence-electron chi connectivity index (χ2n) is 6.65. The first-order valence-electron chi connectivity index (χ1n) is 9.05. The number of aromatic hydroxyl groups is 1. The highest BCUT2D eigenvalue weighted by Crippen LogP contribution is 2.29. The fourth-order valence-electron chi connectivity index (χ4n) is 2.70. The molecule has 160 valence electrons. The Bertz CT molecular complexity index is 917. The van der Waals surface area contributed by atoms with Gasteiger partial charge in [-0.25, -0.2) is 8.42 Å². The molecule has 0 amide bonds. The number of ether oxygens (including phenoxy) is 3. The molecule has 0 atom stereocenters. The Labute approximate surface area is 172 Å². The zero-order valence-corrected chi connectivity index (χ0v) is 18.0. The molecule has 0 fully saturated rings. The van der Waals surface area contributed by atoms with E-state index in [4.69, 9.17) is 14.2 Å². The third-order valence-electron chi connectivity index (χ3n) is 4.22. The molecule has 8 nitrogen and oxygen atoms in total. The number of hydrogen-bond acceptors (Lipinski definition) is 7. The SMILES string of the molecule is COc1ccc(CCN(C)CCOc2ccc(NS(C)(=O)=O)cc2O)cc1OC. The maximum atomic E-state index is 11.2. The van der Waals surface area contributed by atoms with Gasteiger partial charge in [0, 0.05) is 19.2 Å². The Morgan fingerprint density at radius 1 is 1.00 bits per heavy atom. The molecule has 0 aromatic heterocycles. The van der Waals surface area contributed by atoms with E-state index in [1.165, 1.54) is 18.2 Å². The minimum absolute atomic E-state index is 0.119. The molecule has 0 aliphatic heterocycles. The van der Waals surface area contributed by atoms with E-state index in [0.29, 0.717) is 30.4 Å². The molecule has 0 saturated carbocycles. The number of rotatable bonds is 11. The van der Waals surface area contributed by atoms with E-state index in [1.54, 1.807) is 14.2 Å². The summed E-state index contributed by atoms with van der Waals surface area (Å²) >= 11 is 0. The van der Waals surface area contributed by atoms with Gasteiger partial charge >= 0.3 is 0 Å². The standard InChI is InChI=1S/C20H28N2O6S/c1-22(10-9-15-5-7-19(26-2)20(13-15)27-3)11-12-28-18-8-6-16(14-17(18)23)21-29(4,24)25/h5-8,13-14,21,23H,9-12H2,1-4H3. The minimum atomic E-state index is -3.40. The number of nitrogens with one attached hydrogen (secondary N) is 1. The van der Waals surface area contributed by atoms with Crippen LogP contribution in [0.4, 0.5) is 5.69 Å². The zero-order chi connectivity index (χ0) is 21.4. The van der Waals surface area contributed by atoms with Crippen LogP contribution >= 0.6 is 0 Å². The average Bonchev–Trinajstić information content (AvgIpc) is 2.66. The molecule has 2 aromatic rings. The molecule has 0 spiro atoms. The van der Waals surface area contributed by atoms with Crippen molar-refractivity contribution in [3.63, 3.8) is 0 Å². The molecule has 0 bridgehead atoms. The summed E-state index contributed by atoms with van der Waals surface area (Å²) < 4.78 is 40.9. The lowest BCUT2D eigenvalue weighted by atomic mass is 10.1. The Kier molecular flexibility index (Phi) is 7.98. The van der Waals surface area contributed by atoms with Crippen LogP contribution in [-0.4, -0.2) is 65.6 Å². The third kappa shape index (κ3) is 7.35. The van der Waals surface area contributed by atoms with Crippen molar-refractivity contribution in [2.45, 2.75) is 6.42 Å². The van der Waals surface area contributed by atoms with Crippen LogP contribution in [-0.2, 0) is 16.4 Å². The summed E-state index contributed by atoms with van der Waals surface area (Å²) in [6.07, 6.45) is 1.89. The predicted molar refractivity (Wildman–Crippen MR) is 113 cm³/mol. The van der Waals surface area contributed by atoms with Crippen LogP contribution in [0, 0.1) is 0 Å². The van der Waals surface area contributed by atoms with E-state index >= 15 is 0 Å². The van der Waals surface area contributed by atoms with E-state index in [-0.39, 0.29) is 11.4 Å². The summed E-state index contributed by atoms with van der Waals surface area (Å²) in [6, 6.07) is 10.3. The van der Waals surface area contributed by atoms with Crippen molar-refractivity contribution in [1.29, 1.82) is 0 Å². The Morgan fingerprint density at radius 2 is 1.69 bits per heavy atom. The number of sulfonamides is 1. The quantitative estimate of drug-likeness (QED) is 0.571. The molecular formula is C20H28N2O6S. The van der Waals surface area contributed by atoms with E-state index < -0.39 is 10.0 Å². The monoisotopic (exact) mass is 424 g/mol. The molecule has 0 unspecified atom stereocenters. The normalized spacial score (nSPS) is 11.3. The molecule has 0 saturated heterocycles. The van der Waals surface area contributed by atoms with Crippen LogP contribution in [0.3, 0.4) is 0 Å². The molecular weight excluding hydrogens is 396 g/mol. The predicted octanol–water partition coefficient (Wildman–Crippen LogP) is 2.33. The molecule has 0 aliphatic carbocycles. The van der Waals surface area contributed by atoms with E-state index in [1.807, 2.05) is 25.2 Å². The molecule has 2 N–H and O–H groups in total. The van der Waals surface area contributed by atoms with Crippen LogP contribution in [0.2, 0.25) is 0 Å². The number of nitrogens with zero attached hydrogens (tertiary/aromatic N) is 1. The van der Waals surface area contributed by atoms with Crippen molar-refractivity contribution in [2.75, 3.05) is 51.9 Å². The lowest BCUT2D eigenvalue weighted by molar-refractivity contribution is 0.232. The minimum Gasteiger partial charge on any atom is -0.504 e. The van der Waals surface area contributed by atoms with Gasteiger partial charge in [-0.2, -0.15) is 0 Å². The molecule has 0 heterocycles. The summed E-state index contributed by atoms with van der Waals surface area (Å²) in [5.41, 5.74) is 1.42. The molecule has 2 rings (SSSR count). The Balaban J connectivity index is 1.80. The van der Waals surface area contributed by atoms with Crippen LogP contribution in [0.1, 0.15) is 5.56 Å². The zero-order valence-electron chi connectivity index (χ0n) is 17.1. The van der Waals surface area contributed by atoms with Gasteiger partial charge in [0.15, 0.2) is 23.0 Å². The van der Waals surface area contributed by atoms with Gasteiger partial charge in [0.2, 0.25) is 10.0 Å². The van der Waals surface area contributed by atoms with Gasteiger partial charge in [0.25, 0.3) is 0 Å². The maximum absolute atomic E-state index is 11.2. The number of benzene rings is 2. The van der Waals surface area contributed by atoms with Crippen molar-refractivity contribution in [3.8, 4) is 23.0 Å². The number of methoxy groups -OCH3 is 2. The first kappa shape index (κ1) is 22.6. The van der Waals surface area contributed by atoms with Crippen molar-refractivity contribution >= 4 is 15.7 Å². The van der Waals surface area contributed by atoms with E-state index in [0.717, 1.165) is 24.8 Å². The number of likely N-dealkylation sites (N-methyl/N-ethyl adjacent to an activating group) is 1. The summed E-state index contributed by atoms with van der Waals surface area (Å²) in [5.74, 6) is 1.60. The van der Waals surface area contributed by atoms with Crippen molar-refractivity contribution in [2.24, 2.45) is 0 Å². The van der Waals surface area contributed by atoms with Crippen LogP contribution in [0.5, 0.6) is 23.0 Å². The first-order valence-corrected chi connectivity index (χ1v) is 10.9. The van der Waals surface area contributed by atoms with Gasteiger partial charge in [-0.05, 0) is 43.3 Å². The van der Waals surface area contributed by atoms with Crippen LogP contribution in [0.25, 0.3) is 0 Å². The fraction of sp³-hybridized carbons (Fsp3) is 0.400. The highest BCUT2D eigenvalue weighted by Gasteiger charge is 2.09. The molecule has 0 radical (unpaired) electrons. The average molecular weight is 425 g/mol. The number of phenols is 1. The maximum Gasteiger partial charge on any atom is 0.229 e. The van der Waals surface area contributed by atoms with E-state index in [9.17, 15) is 13.5 Å². The molecule has 2 aromatic carbocycles. The van der Waals surface area contributed by atoms with Gasteiger partial charge in [-0.3, -0.25) is 4.72 Å². The smallest absolute Gasteiger partial charge is 0.229 e. The van der Waals surface area contributed by atoms with Gasteiger partial charge < -0.3 is 24.2 Å². The Hall–Kier alpha value is -2.65. The first-order chi connectivity index (χ1) is 13.7. The largest absolute Gasteiger partial charge is 0.504 e. The highest BCUT2D eigenvalue weighted by molar-refractivity contribution is 7.92. The summed E-state index contributed by atoms with van der Waals surface area (Å²) in [6.45, 7) is 1.87. The topological polar surface area (TPSA) is 97.3 Å². The highest BCUT2D eigenvalue weighted by atomic mass is 32.2. The number of hydrogen-bond donors (Lipinski definition) is 2. The summed E-state index contributed by atoms with van der Waals surface area (Å²) in [5, 5.41) is 10.0. The van der Waals surface area contributed by atoms with Crippen molar-refractivity contribution < 1.29 is 27.7 Å². The second kappa shape index (κ2) is 10.2. The molecule has 29 heavy (non-hydrogen) atoms. The van der Waals surface area contributed by atoms with E-state index in [2.05, 4.69) is 9.62 Å². The fourth-order valence-corrected chi connectivity index (χ4v) is 3.25. The van der Waals surface area contributed by atoms with Gasteiger partial charge in [-0.1, -0.05) is 6.07 Å². The van der Waals surface area contributed by atoms with Gasteiger partial charge in [0.05, 0.1) is 26.2 Å². The van der Waals surface area contributed by atoms with Crippen LogP contribution < -0.4 is 18.9 Å². The second-order valence-corrected chi connectivity index (χ2v) is 8.40. The molecule has 9 heteroatoms. The van der Waals surface area contributed by atoms with Gasteiger partial charge in [0.1, 0.15) is 6.61 Å². The van der Waals surface area contributed by atoms with Crippen molar-refractivity contribution in [1.82, 2.24) is 4.90 Å². The molecule has 0 aliphatic rings. The van der Waals surface area contributed by atoms with Gasteiger partial charge in [-0.15, -0.1) is 0 Å². The Morgan fingerprint density at radius 3 is 2.31 bits per heavy atom. The summed E-state index contributed by atoms with van der Waals surface area (Å²) in [7, 11) is 1.82. The lowest BCUT2D eigenvalue weighted by Gasteiger charge is -2.18. The summed E-state index contributed by atoms with van der Waals surface area (Å²) in [4.78, 5) is 2.12. The lowest BCUT2D eigenvalue weighted by Crippen LogP contribution is -2.26. The van der Waals surface area contributed by atoms with Crippen molar-refractivity contribution in [3.05, 3.63) is 42.0 Å². The number of phenolic OH excluding ortho intramolecular Hbond substituents is 1. The third-order valence-corrected chi connectivity index (χ3v) is 4.83.